The van der Waals surface area contributed by atoms with E-state index in [4.69, 9.17) is 28.4 Å². The van der Waals surface area contributed by atoms with Gasteiger partial charge in [0.15, 0.2) is 18.7 Å². The minimum Gasteiger partial charge on any atom is -0.462 e. The molecule has 2 aliphatic heterocycles. The van der Waals surface area contributed by atoms with Gasteiger partial charge in [-0.1, -0.05) is 87.1 Å². The first-order chi connectivity index (χ1) is 28.5. The summed E-state index contributed by atoms with van der Waals surface area (Å²) in [6, 6.07) is 0. The van der Waals surface area contributed by atoms with Gasteiger partial charge in [0.05, 0.1) is 19.8 Å². The van der Waals surface area contributed by atoms with Crippen molar-refractivity contribution in [3.8, 4) is 0 Å². The van der Waals surface area contributed by atoms with Gasteiger partial charge in [-0.15, -0.1) is 13.2 Å². The topological polar surface area (TPSA) is 231 Å². The van der Waals surface area contributed by atoms with Crippen LogP contribution in [0.5, 0.6) is 0 Å². The number of aliphatic hydroxyl groups excluding tert-OH is 7. The molecule has 0 aromatic carbocycles. The van der Waals surface area contributed by atoms with Gasteiger partial charge in [-0.2, -0.15) is 0 Å². The summed E-state index contributed by atoms with van der Waals surface area (Å²) in [5.74, 6) is -0.983. The van der Waals surface area contributed by atoms with Crippen LogP contribution in [0.4, 0.5) is 0 Å². The van der Waals surface area contributed by atoms with E-state index in [0.29, 0.717) is 12.8 Å². The largest absolute Gasteiger partial charge is 0.462 e. The van der Waals surface area contributed by atoms with Crippen LogP contribution < -0.4 is 0 Å². The zero-order valence-corrected chi connectivity index (χ0v) is 34.6. The molecular formula is C44H72O15. The molecule has 2 rings (SSSR count). The molecule has 15 heteroatoms. The van der Waals surface area contributed by atoms with Crippen LogP contribution >= 0.6 is 0 Å². The molecule has 59 heavy (non-hydrogen) atoms. The molecule has 7 N–H and O–H groups in total. The van der Waals surface area contributed by atoms with E-state index in [1.165, 1.54) is 0 Å². The van der Waals surface area contributed by atoms with Gasteiger partial charge in [0.2, 0.25) is 0 Å². The maximum atomic E-state index is 12.9. The van der Waals surface area contributed by atoms with Gasteiger partial charge in [0.1, 0.15) is 55.4 Å². The summed E-state index contributed by atoms with van der Waals surface area (Å²) < 4.78 is 33.3. The Balaban J connectivity index is 1.88. The lowest BCUT2D eigenvalue weighted by atomic mass is 9.98. The zero-order chi connectivity index (χ0) is 43.3. The van der Waals surface area contributed by atoms with E-state index in [1.54, 1.807) is 0 Å². The first-order valence-corrected chi connectivity index (χ1v) is 21.3. The van der Waals surface area contributed by atoms with Crippen LogP contribution in [-0.4, -0.2) is 142 Å². The number of unbranched alkanes of at least 4 members (excludes halogenated alkanes) is 10. The van der Waals surface area contributed by atoms with E-state index in [1.807, 2.05) is 12.2 Å². The van der Waals surface area contributed by atoms with Crippen molar-refractivity contribution in [3.05, 3.63) is 61.8 Å². The number of carbonyl (C=O) groups excluding carboxylic acids is 2. The molecule has 338 valence electrons. The summed E-state index contributed by atoms with van der Waals surface area (Å²) in [7, 11) is 0. The molecule has 0 unspecified atom stereocenters. The smallest absolute Gasteiger partial charge is 0.306 e. The molecule has 0 aliphatic carbocycles. The Bertz CT molecular complexity index is 1240. The fraction of sp³-hybridized carbons (Fsp3) is 0.727. The van der Waals surface area contributed by atoms with E-state index < -0.39 is 99.3 Å². The van der Waals surface area contributed by atoms with Crippen molar-refractivity contribution in [2.24, 2.45) is 0 Å². The summed E-state index contributed by atoms with van der Waals surface area (Å²) in [5.41, 5.74) is 0. The fourth-order valence-corrected chi connectivity index (χ4v) is 6.42. The number of carbonyl (C=O) groups is 2. The average Bonchev–Trinajstić information content (AvgIpc) is 3.23. The molecule has 0 amide bonds. The van der Waals surface area contributed by atoms with Crippen molar-refractivity contribution in [2.45, 2.75) is 177 Å². The van der Waals surface area contributed by atoms with Gasteiger partial charge in [0, 0.05) is 12.8 Å². The maximum absolute atomic E-state index is 12.9. The standard InChI is InChI=1S/C44H72O15/c1-3-5-7-9-11-13-15-16-17-19-20-22-24-26-35(46)54-29-32(57-36(47)27-25-23-21-18-14-12-10-8-6-4-2)30-55-43-42(53)40(51)38(49)34(59-43)31-56-44-41(52)39(50)37(48)33(28-45)58-44/h3-4,7-10,13,15,32-34,37-45,48-53H,1-2,5-6,11-12,14,16-31H2/b9-7+,10-8+,15-13-/t32-,33-,34-,37+,38+,39+,40+,41-,42-,43-,44+/m1/s1. The number of esters is 2. The van der Waals surface area contributed by atoms with Crippen molar-refractivity contribution < 1.29 is 73.8 Å². The Morgan fingerprint density at radius 1 is 0.542 bits per heavy atom. The van der Waals surface area contributed by atoms with Crippen LogP contribution in [-0.2, 0) is 38.0 Å². The molecule has 2 aliphatic rings. The third kappa shape index (κ3) is 21.5. The Hall–Kier alpha value is -2.80. The second-order valence-corrected chi connectivity index (χ2v) is 15.0. The lowest BCUT2D eigenvalue weighted by Gasteiger charge is -2.42. The fourth-order valence-electron chi connectivity index (χ4n) is 6.42. The van der Waals surface area contributed by atoms with E-state index in [9.17, 15) is 45.3 Å². The first kappa shape index (κ1) is 52.3. The first-order valence-electron chi connectivity index (χ1n) is 21.3. The minimum atomic E-state index is -1.77. The zero-order valence-electron chi connectivity index (χ0n) is 34.6. The number of ether oxygens (including phenoxy) is 6. The van der Waals surface area contributed by atoms with Crippen molar-refractivity contribution in [1.82, 2.24) is 0 Å². The molecule has 0 saturated carbocycles. The van der Waals surface area contributed by atoms with Crippen LogP contribution in [0, 0.1) is 0 Å². The Morgan fingerprint density at radius 2 is 1.02 bits per heavy atom. The van der Waals surface area contributed by atoms with Crippen molar-refractivity contribution >= 4 is 11.9 Å². The predicted octanol–water partition coefficient (Wildman–Crippen LogP) is 3.75. The molecule has 2 heterocycles. The molecule has 15 nitrogen and oxygen atoms in total. The molecule has 11 atom stereocenters. The summed E-state index contributed by atoms with van der Waals surface area (Å²) in [6.07, 6.45) is 13.5. The van der Waals surface area contributed by atoms with Crippen LogP contribution in [0.3, 0.4) is 0 Å². The number of hydrogen-bond acceptors (Lipinski definition) is 15. The van der Waals surface area contributed by atoms with Crippen LogP contribution in [0.25, 0.3) is 0 Å². The number of rotatable bonds is 32. The highest BCUT2D eigenvalue weighted by molar-refractivity contribution is 5.70. The minimum absolute atomic E-state index is 0.136. The third-order valence-electron chi connectivity index (χ3n) is 10.00. The highest BCUT2D eigenvalue weighted by Crippen LogP contribution is 2.26. The summed E-state index contributed by atoms with van der Waals surface area (Å²) in [5, 5.41) is 71.7. The molecule has 0 spiro atoms. The molecule has 0 radical (unpaired) electrons. The van der Waals surface area contributed by atoms with Gasteiger partial charge in [-0.3, -0.25) is 9.59 Å². The Morgan fingerprint density at radius 3 is 1.61 bits per heavy atom. The molecule has 0 aromatic heterocycles. The van der Waals surface area contributed by atoms with Crippen LogP contribution in [0.1, 0.15) is 109 Å². The number of hydrogen-bond donors (Lipinski definition) is 7. The third-order valence-corrected chi connectivity index (χ3v) is 10.00. The van der Waals surface area contributed by atoms with Gasteiger partial charge in [-0.05, 0) is 57.8 Å². The summed E-state index contributed by atoms with van der Waals surface area (Å²) in [6.45, 7) is 5.44. The predicted molar refractivity (Wildman–Crippen MR) is 219 cm³/mol. The van der Waals surface area contributed by atoms with Gasteiger partial charge in [-0.25, -0.2) is 0 Å². The van der Waals surface area contributed by atoms with E-state index in [0.717, 1.165) is 83.5 Å². The molecule has 2 saturated heterocycles. The average molecular weight is 841 g/mol. The normalized spacial score (nSPS) is 28.0. The van der Waals surface area contributed by atoms with E-state index in [2.05, 4.69) is 49.6 Å². The van der Waals surface area contributed by atoms with Gasteiger partial charge in [0.25, 0.3) is 0 Å². The number of aliphatic hydroxyl groups is 7. The second-order valence-electron chi connectivity index (χ2n) is 15.0. The molecular weight excluding hydrogens is 768 g/mol. The Labute approximate surface area is 350 Å². The molecule has 0 bridgehead atoms. The van der Waals surface area contributed by atoms with E-state index >= 15 is 0 Å². The molecule has 2 fully saturated rings. The van der Waals surface area contributed by atoms with Crippen LogP contribution in [0.2, 0.25) is 0 Å². The lowest BCUT2D eigenvalue weighted by Crippen LogP contribution is -2.61. The Kier molecular flexibility index (Phi) is 28.4. The van der Waals surface area contributed by atoms with Crippen molar-refractivity contribution in [1.29, 1.82) is 0 Å². The van der Waals surface area contributed by atoms with Gasteiger partial charge < -0.3 is 64.2 Å². The maximum Gasteiger partial charge on any atom is 0.306 e. The lowest BCUT2D eigenvalue weighted by molar-refractivity contribution is -0.332. The number of allylic oxidation sites excluding steroid dienone is 8. The summed E-state index contributed by atoms with van der Waals surface area (Å²) >= 11 is 0. The SMILES string of the molecule is C=CC/C=C/C/C=C\CCCCCCCC(=O)OC[C@H](CO[C@@H]1O[C@H](CO[C@H]2O[C@H](CO)[C@H](O)[C@H](O)[C@H]2O)[C@H](O)[C@H](O)[C@H]1O)OC(=O)CCCCCCC/C=C/CC=C. The molecule has 0 aromatic rings. The van der Waals surface area contributed by atoms with Crippen molar-refractivity contribution in [3.63, 3.8) is 0 Å². The summed E-state index contributed by atoms with van der Waals surface area (Å²) in [4.78, 5) is 25.5. The second kappa shape index (κ2) is 32.0. The van der Waals surface area contributed by atoms with Crippen molar-refractivity contribution in [2.75, 3.05) is 26.4 Å². The van der Waals surface area contributed by atoms with Gasteiger partial charge >= 0.3 is 11.9 Å². The van der Waals surface area contributed by atoms with Crippen LogP contribution in [0.15, 0.2) is 61.8 Å². The highest BCUT2D eigenvalue weighted by atomic mass is 16.7. The highest BCUT2D eigenvalue weighted by Gasteiger charge is 2.47. The van der Waals surface area contributed by atoms with E-state index in [-0.39, 0.29) is 19.4 Å². The quantitative estimate of drug-likeness (QED) is 0.0291. The monoisotopic (exact) mass is 840 g/mol.